The lowest BCUT2D eigenvalue weighted by molar-refractivity contribution is -0.0689. The van der Waals surface area contributed by atoms with Crippen molar-refractivity contribution in [3.05, 3.63) is 81.6 Å². The van der Waals surface area contributed by atoms with Crippen LogP contribution >= 0.6 is 23.2 Å². The van der Waals surface area contributed by atoms with E-state index in [1.54, 1.807) is 13.0 Å². The molecule has 0 fully saturated rings. The normalized spacial score (nSPS) is 12.3. The molecular formula is C21H14Cl2F3NO3. The number of alkyl halides is 3. The summed E-state index contributed by atoms with van der Waals surface area (Å²) >= 11 is 11.6. The summed E-state index contributed by atoms with van der Waals surface area (Å²) in [4.78, 5) is 24.9. The van der Waals surface area contributed by atoms with E-state index in [0.29, 0.717) is 6.08 Å². The van der Waals surface area contributed by atoms with Gasteiger partial charge in [-0.15, -0.1) is 0 Å². The first-order valence-electron chi connectivity index (χ1n) is 8.68. The van der Waals surface area contributed by atoms with E-state index < -0.39 is 23.5 Å². The molecule has 4 nitrogen and oxygen atoms in total. The molecule has 0 radical (unpaired) electrons. The monoisotopic (exact) mass is 455 g/mol. The first-order chi connectivity index (χ1) is 14.1. The molecular weight excluding hydrogens is 442 g/mol. The number of hydrogen-bond donors (Lipinski definition) is 0. The first kappa shape index (κ1) is 21.9. The van der Waals surface area contributed by atoms with E-state index in [-0.39, 0.29) is 39.0 Å². The largest absolute Gasteiger partial charge is 0.461 e. The van der Waals surface area contributed by atoms with Crippen molar-refractivity contribution >= 4 is 46.0 Å². The lowest BCUT2D eigenvalue weighted by atomic mass is 10.0. The maximum Gasteiger partial charge on any atom is 0.417 e. The van der Waals surface area contributed by atoms with Crippen molar-refractivity contribution in [1.82, 2.24) is 4.40 Å². The molecule has 0 saturated heterocycles. The van der Waals surface area contributed by atoms with Crippen LogP contribution in [0.15, 0.2) is 54.7 Å². The van der Waals surface area contributed by atoms with Crippen LogP contribution in [-0.4, -0.2) is 28.9 Å². The third-order valence-corrected chi connectivity index (χ3v) is 4.63. The van der Waals surface area contributed by atoms with Gasteiger partial charge >= 0.3 is 12.1 Å². The van der Waals surface area contributed by atoms with Crippen molar-refractivity contribution in [2.24, 2.45) is 0 Å². The number of carbonyl (C=O) groups excluding carboxylic acids is 2. The van der Waals surface area contributed by atoms with Gasteiger partial charge in [0, 0.05) is 21.8 Å². The zero-order valence-corrected chi connectivity index (χ0v) is 17.0. The number of pyridine rings is 1. The molecule has 2 aromatic heterocycles. The van der Waals surface area contributed by atoms with Gasteiger partial charge < -0.3 is 9.14 Å². The zero-order chi connectivity index (χ0) is 22.1. The van der Waals surface area contributed by atoms with Gasteiger partial charge in [-0.05, 0) is 61.0 Å². The Hall–Kier alpha value is -2.77. The predicted molar refractivity (Wildman–Crippen MR) is 108 cm³/mol. The minimum Gasteiger partial charge on any atom is -0.461 e. The summed E-state index contributed by atoms with van der Waals surface area (Å²) in [6.45, 7) is 1.80. The number of esters is 1. The van der Waals surface area contributed by atoms with Gasteiger partial charge in [-0.1, -0.05) is 23.2 Å². The number of nitrogens with zero attached hydrogens (tertiary/aromatic N) is 1. The number of halogens is 5. The number of hydrogen-bond acceptors (Lipinski definition) is 3. The van der Waals surface area contributed by atoms with E-state index in [2.05, 4.69) is 0 Å². The Bertz CT molecular complexity index is 1150. The number of ether oxygens (including phenoxy) is 1. The summed E-state index contributed by atoms with van der Waals surface area (Å²) < 4.78 is 47.4. The van der Waals surface area contributed by atoms with E-state index in [1.165, 1.54) is 34.9 Å². The average Bonchev–Trinajstić information content (AvgIpc) is 3.13. The predicted octanol–water partition coefficient (Wildman–Crippen LogP) is 6.25. The van der Waals surface area contributed by atoms with Crippen LogP contribution in [-0.2, 0) is 4.74 Å². The minimum absolute atomic E-state index is 0.00729. The van der Waals surface area contributed by atoms with Gasteiger partial charge in [0.25, 0.3) is 0 Å². The van der Waals surface area contributed by atoms with Gasteiger partial charge in [-0.25, -0.2) is 4.79 Å². The van der Waals surface area contributed by atoms with E-state index in [1.807, 2.05) is 0 Å². The van der Waals surface area contributed by atoms with Gasteiger partial charge in [0.15, 0.2) is 5.78 Å². The standard InChI is InChI=1S/C21H14Cl2F3NO3/c1-2-30-20(29)18-6-5-15(17-4-3-7-27(17)18)19(28)11-16(21(24,25)26)12-8-13(22)10-14(23)9-12/h3-11H,2H2,1H3/b16-11-. The van der Waals surface area contributed by atoms with Crippen molar-refractivity contribution < 1.29 is 27.5 Å². The minimum atomic E-state index is -4.83. The molecule has 3 aromatic rings. The van der Waals surface area contributed by atoms with Crippen molar-refractivity contribution in [3.8, 4) is 0 Å². The lowest BCUT2D eigenvalue weighted by Crippen LogP contribution is -2.14. The summed E-state index contributed by atoms with van der Waals surface area (Å²) in [5.41, 5.74) is -1.11. The summed E-state index contributed by atoms with van der Waals surface area (Å²) in [6.07, 6.45) is -2.81. The summed E-state index contributed by atoms with van der Waals surface area (Å²) in [6, 6.07) is 9.16. The van der Waals surface area contributed by atoms with Crippen molar-refractivity contribution in [2.45, 2.75) is 13.1 Å². The summed E-state index contributed by atoms with van der Waals surface area (Å²) in [5.74, 6) is -1.50. The SMILES string of the molecule is CCOC(=O)c1ccc(C(=O)/C=C(/c2cc(Cl)cc(Cl)c2)C(F)(F)F)c2cccn12. The van der Waals surface area contributed by atoms with Crippen molar-refractivity contribution in [1.29, 1.82) is 0 Å². The van der Waals surface area contributed by atoms with Crippen LogP contribution in [0, 0.1) is 0 Å². The van der Waals surface area contributed by atoms with Gasteiger partial charge in [0.2, 0.25) is 0 Å². The number of ketones is 1. The third-order valence-electron chi connectivity index (χ3n) is 4.20. The van der Waals surface area contributed by atoms with Crippen LogP contribution in [0.5, 0.6) is 0 Å². The Kier molecular flexibility index (Phi) is 6.24. The van der Waals surface area contributed by atoms with Gasteiger partial charge in [-0.3, -0.25) is 4.79 Å². The number of carbonyl (C=O) groups is 2. The summed E-state index contributed by atoms with van der Waals surface area (Å²) in [7, 11) is 0. The molecule has 0 aliphatic heterocycles. The Labute approximate surface area is 179 Å². The van der Waals surface area contributed by atoms with E-state index in [0.717, 1.165) is 12.1 Å². The van der Waals surface area contributed by atoms with Crippen LogP contribution < -0.4 is 0 Å². The van der Waals surface area contributed by atoms with Crippen molar-refractivity contribution in [3.63, 3.8) is 0 Å². The Morgan fingerprint density at radius 2 is 1.77 bits per heavy atom. The molecule has 9 heteroatoms. The number of allylic oxidation sites excluding steroid dienone is 2. The molecule has 0 atom stereocenters. The van der Waals surface area contributed by atoms with Gasteiger partial charge in [0.1, 0.15) is 5.69 Å². The third kappa shape index (κ3) is 4.52. The fraction of sp³-hybridized carbons (Fsp3) is 0.143. The van der Waals surface area contributed by atoms with Crippen LogP contribution in [0.1, 0.15) is 33.3 Å². The molecule has 156 valence electrons. The van der Waals surface area contributed by atoms with E-state index >= 15 is 0 Å². The summed E-state index contributed by atoms with van der Waals surface area (Å²) in [5, 5.41) is 0.0146. The lowest BCUT2D eigenvalue weighted by Gasteiger charge is -2.13. The molecule has 30 heavy (non-hydrogen) atoms. The molecule has 2 heterocycles. The highest BCUT2D eigenvalue weighted by Gasteiger charge is 2.36. The van der Waals surface area contributed by atoms with E-state index in [4.69, 9.17) is 27.9 Å². The second-order valence-electron chi connectivity index (χ2n) is 6.19. The Balaban J connectivity index is 2.11. The fourth-order valence-corrected chi connectivity index (χ4v) is 3.49. The van der Waals surface area contributed by atoms with Crippen LogP contribution in [0.4, 0.5) is 13.2 Å². The highest BCUT2D eigenvalue weighted by Crippen LogP contribution is 2.36. The van der Waals surface area contributed by atoms with Gasteiger partial charge in [0.05, 0.1) is 17.7 Å². The smallest absolute Gasteiger partial charge is 0.417 e. The second kappa shape index (κ2) is 8.53. The zero-order valence-electron chi connectivity index (χ0n) is 15.5. The highest BCUT2D eigenvalue weighted by molar-refractivity contribution is 6.35. The highest BCUT2D eigenvalue weighted by atomic mass is 35.5. The van der Waals surface area contributed by atoms with Gasteiger partial charge in [-0.2, -0.15) is 13.2 Å². The second-order valence-corrected chi connectivity index (χ2v) is 7.07. The molecule has 0 spiro atoms. The first-order valence-corrected chi connectivity index (χ1v) is 9.44. The molecule has 0 N–H and O–H groups in total. The van der Waals surface area contributed by atoms with Crippen molar-refractivity contribution in [2.75, 3.05) is 6.61 Å². The Morgan fingerprint density at radius 1 is 1.10 bits per heavy atom. The average molecular weight is 456 g/mol. The number of rotatable bonds is 5. The molecule has 1 aromatic carbocycles. The number of aromatic nitrogens is 1. The maximum absolute atomic E-state index is 13.7. The molecule has 3 rings (SSSR count). The van der Waals surface area contributed by atoms with Crippen LogP contribution in [0.2, 0.25) is 10.0 Å². The molecule has 0 aliphatic carbocycles. The fourth-order valence-electron chi connectivity index (χ4n) is 2.97. The topological polar surface area (TPSA) is 47.8 Å². The van der Waals surface area contributed by atoms with Crippen LogP contribution in [0.3, 0.4) is 0 Å². The van der Waals surface area contributed by atoms with E-state index in [9.17, 15) is 22.8 Å². The number of benzene rings is 1. The number of fused-ring (bicyclic) bond motifs is 1. The quantitative estimate of drug-likeness (QED) is 0.259. The van der Waals surface area contributed by atoms with Crippen LogP contribution in [0.25, 0.3) is 11.1 Å². The Morgan fingerprint density at radius 3 is 2.37 bits per heavy atom. The molecule has 0 bridgehead atoms. The maximum atomic E-state index is 13.7. The molecule has 0 aliphatic rings. The molecule has 0 amide bonds. The molecule has 0 unspecified atom stereocenters. The molecule has 0 saturated carbocycles.